The van der Waals surface area contributed by atoms with Crippen molar-refractivity contribution in [3.63, 3.8) is 0 Å². The molecule has 3 heterocycles. The largest absolute Gasteiger partial charge is 0.458 e. The highest BCUT2D eigenvalue weighted by Gasteiger charge is 2.40. The maximum absolute atomic E-state index is 6.53. The lowest BCUT2D eigenvalue weighted by Gasteiger charge is -2.33. The predicted molar refractivity (Wildman–Crippen MR) is 143 cm³/mol. The molecule has 1 aromatic heterocycles. The quantitative estimate of drug-likeness (QED) is 0.295. The van der Waals surface area contributed by atoms with E-state index >= 15 is 0 Å². The van der Waals surface area contributed by atoms with Gasteiger partial charge in [0.25, 0.3) is 6.71 Å². The summed E-state index contributed by atoms with van der Waals surface area (Å²) in [7, 11) is 0. The third kappa shape index (κ3) is 2.57. The van der Waals surface area contributed by atoms with Crippen LogP contribution in [0.5, 0.6) is 23.0 Å². The van der Waals surface area contributed by atoms with Crippen LogP contribution in [0.25, 0.3) is 27.5 Å². The predicted octanol–water partition coefficient (Wildman–Crippen LogP) is 5.82. The average Bonchev–Trinajstić information content (AvgIpc) is 3.22. The maximum atomic E-state index is 6.53. The molecule has 0 spiro atoms. The molecule has 0 amide bonds. The minimum absolute atomic E-state index is 0.0847. The van der Waals surface area contributed by atoms with Gasteiger partial charge in [0.05, 0.1) is 11.0 Å². The van der Waals surface area contributed by atoms with Gasteiger partial charge in [0.2, 0.25) is 0 Å². The van der Waals surface area contributed by atoms with Crippen LogP contribution in [0.2, 0.25) is 0 Å². The van der Waals surface area contributed by atoms with Crippen molar-refractivity contribution in [3.8, 4) is 28.7 Å². The summed E-state index contributed by atoms with van der Waals surface area (Å²) in [6.45, 7) is 2.19. The molecule has 4 heteroatoms. The van der Waals surface area contributed by atoms with Crippen LogP contribution in [0.3, 0.4) is 0 Å². The van der Waals surface area contributed by atoms with Gasteiger partial charge < -0.3 is 14.0 Å². The number of fused-ring (bicyclic) bond motifs is 7. The lowest BCUT2D eigenvalue weighted by Crippen LogP contribution is -2.57. The number of rotatable bonds is 1. The molecular weight excluding hydrogens is 429 g/mol. The number of nitrogens with zero attached hydrogens (tertiary/aromatic N) is 1. The van der Waals surface area contributed by atoms with Gasteiger partial charge in [-0.2, -0.15) is 0 Å². The monoisotopic (exact) mass is 449 g/mol. The Morgan fingerprint density at radius 2 is 1.17 bits per heavy atom. The molecule has 5 aromatic carbocycles. The molecule has 0 fully saturated rings. The number of hydrogen-bond acceptors (Lipinski definition) is 2. The number of aryl methyl sites for hydroxylation is 1. The fraction of sp³-hybridized carbons (Fsp3) is 0.0323. The maximum Gasteiger partial charge on any atom is 0.260 e. The lowest BCUT2D eigenvalue weighted by atomic mass is 9.35. The van der Waals surface area contributed by atoms with Crippen LogP contribution < -0.4 is 25.9 Å². The van der Waals surface area contributed by atoms with Crippen molar-refractivity contribution >= 4 is 44.9 Å². The molecule has 0 radical (unpaired) electrons. The summed E-state index contributed by atoms with van der Waals surface area (Å²) in [4.78, 5) is 0. The molecule has 0 aliphatic carbocycles. The van der Waals surface area contributed by atoms with E-state index < -0.39 is 0 Å². The molecule has 0 saturated carbocycles. The van der Waals surface area contributed by atoms with Gasteiger partial charge in [0, 0.05) is 28.0 Å². The molecule has 3 nitrogen and oxygen atoms in total. The molecule has 2 aliphatic heterocycles. The zero-order valence-electron chi connectivity index (χ0n) is 19.2. The van der Waals surface area contributed by atoms with E-state index in [1.165, 1.54) is 38.3 Å². The fourth-order valence-corrected chi connectivity index (χ4v) is 5.86. The summed E-state index contributed by atoms with van der Waals surface area (Å²) < 4.78 is 15.2. The zero-order valence-corrected chi connectivity index (χ0v) is 19.2. The third-order valence-electron chi connectivity index (χ3n) is 7.38. The Morgan fingerprint density at radius 3 is 1.86 bits per heavy atom. The topological polar surface area (TPSA) is 23.4 Å². The number of para-hydroxylation sites is 2. The van der Waals surface area contributed by atoms with Crippen molar-refractivity contribution in [2.75, 3.05) is 0 Å². The zero-order chi connectivity index (χ0) is 23.1. The van der Waals surface area contributed by atoms with Crippen molar-refractivity contribution in [1.82, 2.24) is 4.57 Å². The first-order valence-corrected chi connectivity index (χ1v) is 12.0. The Bertz CT molecular complexity index is 1780. The number of hydrogen-bond donors (Lipinski definition) is 0. The van der Waals surface area contributed by atoms with Gasteiger partial charge in [-0.3, -0.25) is 0 Å². The first kappa shape index (κ1) is 18.9. The van der Waals surface area contributed by atoms with Crippen molar-refractivity contribution in [2.24, 2.45) is 0 Å². The van der Waals surface area contributed by atoms with E-state index in [4.69, 9.17) is 9.47 Å². The highest BCUT2D eigenvalue weighted by atomic mass is 16.5. The summed E-state index contributed by atoms with van der Waals surface area (Å²) in [5.41, 5.74) is 8.14. The van der Waals surface area contributed by atoms with Gasteiger partial charge in [-0.05, 0) is 59.8 Å². The molecule has 0 saturated heterocycles. The van der Waals surface area contributed by atoms with Crippen LogP contribution in [0, 0.1) is 6.92 Å². The van der Waals surface area contributed by atoms with Crippen LogP contribution in [-0.4, -0.2) is 11.3 Å². The Balaban J connectivity index is 1.38. The van der Waals surface area contributed by atoms with E-state index in [0.717, 1.165) is 34.1 Å². The second-order valence-electron chi connectivity index (χ2n) is 9.44. The Hall–Kier alpha value is -4.44. The van der Waals surface area contributed by atoms with E-state index in [1.54, 1.807) is 0 Å². The lowest BCUT2D eigenvalue weighted by molar-refractivity contribution is 0.464. The smallest absolute Gasteiger partial charge is 0.260 e. The Labute approximate surface area is 203 Å². The third-order valence-corrected chi connectivity index (χ3v) is 7.38. The standard InChI is InChI=1S/C31H20BNO2/c1-19-13-15-23-29(17-19)34-27-11-6-12-28-31(27)32(23)24-16-14-20(18-30(24)35-28)33-25-9-4-2-7-21(25)22-8-3-5-10-26(22)33/h2-18H,1H3. The number of aromatic nitrogens is 1. The SMILES string of the molecule is Cc1ccc2c(c1)Oc1cccc3c1B2c1ccc(-n2c4ccccc4c4ccccc42)cc1O3. The average molecular weight is 449 g/mol. The highest BCUT2D eigenvalue weighted by Crippen LogP contribution is 2.37. The molecular formula is C31H20BNO2. The molecule has 0 N–H and O–H groups in total. The van der Waals surface area contributed by atoms with Gasteiger partial charge in [-0.1, -0.05) is 60.7 Å². The Morgan fingerprint density at radius 1 is 0.571 bits per heavy atom. The minimum atomic E-state index is 0.0847. The number of benzene rings is 5. The van der Waals surface area contributed by atoms with Crippen molar-refractivity contribution in [2.45, 2.75) is 6.92 Å². The van der Waals surface area contributed by atoms with Gasteiger partial charge in [0.15, 0.2) is 0 Å². The van der Waals surface area contributed by atoms with Crippen LogP contribution in [0.1, 0.15) is 5.56 Å². The minimum Gasteiger partial charge on any atom is -0.458 e. The number of ether oxygens (including phenoxy) is 2. The second kappa shape index (κ2) is 6.80. The first-order chi connectivity index (χ1) is 17.3. The summed E-state index contributed by atoms with van der Waals surface area (Å²) in [5, 5.41) is 2.51. The van der Waals surface area contributed by atoms with Crippen LogP contribution in [0.4, 0.5) is 0 Å². The molecule has 2 aliphatic rings. The van der Waals surface area contributed by atoms with Crippen molar-refractivity contribution < 1.29 is 9.47 Å². The van der Waals surface area contributed by atoms with E-state index in [-0.39, 0.29) is 6.71 Å². The molecule has 35 heavy (non-hydrogen) atoms. The normalized spacial score (nSPS) is 13.1. The molecule has 8 rings (SSSR count). The van der Waals surface area contributed by atoms with E-state index in [1.807, 2.05) is 18.2 Å². The molecule has 0 unspecified atom stereocenters. The fourth-order valence-electron chi connectivity index (χ4n) is 5.86. The van der Waals surface area contributed by atoms with Crippen LogP contribution >= 0.6 is 0 Å². The van der Waals surface area contributed by atoms with Gasteiger partial charge in [0.1, 0.15) is 23.0 Å². The molecule has 0 bridgehead atoms. The van der Waals surface area contributed by atoms with Gasteiger partial charge in [-0.15, -0.1) is 0 Å². The van der Waals surface area contributed by atoms with E-state index in [0.29, 0.717) is 0 Å². The second-order valence-corrected chi connectivity index (χ2v) is 9.44. The van der Waals surface area contributed by atoms with Crippen molar-refractivity contribution in [3.05, 3.63) is 109 Å². The highest BCUT2D eigenvalue weighted by molar-refractivity contribution is 6.98. The molecule has 0 atom stereocenters. The summed E-state index contributed by atoms with van der Waals surface area (Å²) in [6, 6.07) is 36.4. The van der Waals surface area contributed by atoms with E-state index in [2.05, 4.69) is 96.4 Å². The molecule has 164 valence electrons. The van der Waals surface area contributed by atoms with E-state index in [9.17, 15) is 0 Å². The molecule has 6 aromatic rings. The summed E-state index contributed by atoms with van der Waals surface area (Å²) in [5.74, 6) is 3.57. The van der Waals surface area contributed by atoms with Crippen LogP contribution in [0.15, 0.2) is 103 Å². The first-order valence-electron chi connectivity index (χ1n) is 12.0. The van der Waals surface area contributed by atoms with Crippen molar-refractivity contribution in [1.29, 1.82) is 0 Å². The summed E-state index contributed by atoms with van der Waals surface area (Å²) >= 11 is 0. The summed E-state index contributed by atoms with van der Waals surface area (Å²) in [6.07, 6.45) is 0. The van der Waals surface area contributed by atoms with Gasteiger partial charge in [-0.25, -0.2) is 0 Å². The Kier molecular flexibility index (Phi) is 3.68. The van der Waals surface area contributed by atoms with Gasteiger partial charge >= 0.3 is 0 Å². The van der Waals surface area contributed by atoms with Crippen LogP contribution in [-0.2, 0) is 0 Å².